The number of nitrogens with two attached hydrogens (primary N) is 1. The van der Waals surface area contributed by atoms with E-state index in [1.807, 2.05) is 0 Å². The van der Waals surface area contributed by atoms with E-state index in [9.17, 15) is 0 Å². The highest BCUT2D eigenvalue weighted by Crippen LogP contribution is 2.31. The maximum absolute atomic E-state index is 6.42. The Bertz CT molecular complexity index is 684. The molecule has 0 saturated heterocycles. The predicted octanol–water partition coefficient (Wildman–Crippen LogP) is 4.14. The Kier molecular flexibility index (Phi) is 4.34. The number of ether oxygens (including phenoxy) is 1. The molecule has 3 heteroatoms. The van der Waals surface area contributed by atoms with E-state index < -0.39 is 0 Å². The highest BCUT2D eigenvalue weighted by molar-refractivity contribution is 7.19. The van der Waals surface area contributed by atoms with Gasteiger partial charge in [-0.3, -0.25) is 0 Å². The number of hydrogen-bond acceptors (Lipinski definition) is 3. The van der Waals surface area contributed by atoms with Crippen LogP contribution in [0.15, 0.2) is 54.6 Å². The second-order valence-corrected chi connectivity index (χ2v) is 6.26. The maximum Gasteiger partial charge on any atom is 0.0646 e. The minimum absolute atomic E-state index is 0.0566. The summed E-state index contributed by atoms with van der Waals surface area (Å²) in [4.78, 5) is 1.21. The third-order valence-corrected chi connectivity index (χ3v) is 4.88. The molecule has 2 nitrogen and oxygen atoms in total. The average Bonchev–Trinajstić information content (AvgIpc) is 2.96. The Morgan fingerprint density at radius 2 is 1.86 bits per heavy atom. The fourth-order valence-corrected chi connectivity index (χ4v) is 3.53. The highest BCUT2D eigenvalue weighted by atomic mass is 32.1. The van der Waals surface area contributed by atoms with Crippen LogP contribution in [0.25, 0.3) is 10.1 Å². The summed E-state index contributed by atoms with van der Waals surface area (Å²) in [6, 6.07) is 19.1. The first-order chi connectivity index (χ1) is 10.3. The predicted molar refractivity (Wildman–Crippen MR) is 89.9 cm³/mol. The first kappa shape index (κ1) is 14.3. The monoisotopic (exact) mass is 297 g/mol. The van der Waals surface area contributed by atoms with Crippen LogP contribution >= 0.6 is 11.3 Å². The number of hydrogen-bond donors (Lipinski definition) is 1. The van der Waals surface area contributed by atoms with Gasteiger partial charge in [-0.25, -0.2) is 0 Å². The van der Waals surface area contributed by atoms with Crippen LogP contribution in [-0.2, 0) is 11.2 Å². The second-order valence-electron chi connectivity index (χ2n) is 5.15. The van der Waals surface area contributed by atoms with Gasteiger partial charge in [0, 0.05) is 16.7 Å². The van der Waals surface area contributed by atoms with Crippen LogP contribution in [0.4, 0.5) is 0 Å². The van der Waals surface area contributed by atoms with E-state index in [1.165, 1.54) is 20.5 Å². The summed E-state index contributed by atoms with van der Waals surface area (Å²) in [7, 11) is 1.73. The number of rotatable bonds is 5. The maximum atomic E-state index is 6.42. The molecule has 108 valence electrons. The van der Waals surface area contributed by atoms with Crippen LogP contribution in [0.2, 0.25) is 0 Å². The van der Waals surface area contributed by atoms with Gasteiger partial charge in [-0.2, -0.15) is 0 Å². The molecule has 0 fully saturated rings. The molecule has 0 radical (unpaired) electrons. The first-order valence-corrected chi connectivity index (χ1v) is 7.91. The number of benzene rings is 2. The largest absolute Gasteiger partial charge is 0.384 e. The number of fused-ring (bicyclic) bond motifs is 1. The molecule has 0 aliphatic carbocycles. The molecule has 0 aliphatic rings. The molecule has 0 saturated carbocycles. The van der Waals surface area contributed by atoms with Gasteiger partial charge in [-0.1, -0.05) is 42.5 Å². The normalized spacial score (nSPS) is 12.7. The van der Waals surface area contributed by atoms with Crippen molar-refractivity contribution in [2.45, 2.75) is 12.5 Å². The van der Waals surface area contributed by atoms with Gasteiger partial charge in [-0.05, 0) is 35.1 Å². The van der Waals surface area contributed by atoms with Crippen molar-refractivity contribution in [3.05, 3.63) is 70.6 Å². The lowest BCUT2D eigenvalue weighted by molar-refractivity contribution is 0.202. The third kappa shape index (κ3) is 3.16. The third-order valence-electron chi connectivity index (χ3n) is 3.68. The Labute approximate surface area is 129 Å². The molecule has 1 aromatic heterocycles. The van der Waals surface area contributed by atoms with Crippen LogP contribution in [0.3, 0.4) is 0 Å². The Hall–Kier alpha value is -1.68. The molecule has 2 aromatic carbocycles. The number of methoxy groups -OCH3 is 1. The van der Waals surface area contributed by atoms with E-state index in [-0.39, 0.29) is 6.04 Å². The van der Waals surface area contributed by atoms with Gasteiger partial charge in [-0.15, -0.1) is 11.3 Å². The van der Waals surface area contributed by atoms with Gasteiger partial charge in [0.05, 0.1) is 12.6 Å². The number of thiophene rings is 1. The molecule has 3 aromatic rings. The van der Waals surface area contributed by atoms with Gasteiger partial charge in [0.2, 0.25) is 0 Å². The van der Waals surface area contributed by atoms with Crippen LogP contribution in [-0.4, -0.2) is 13.7 Å². The zero-order chi connectivity index (χ0) is 14.7. The minimum Gasteiger partial charge on any atom is -0.384 e. The zero-order valence-corrected chi connectivity index (χ0v) is 12.9. The van der Waals surface area contributed by atoms with Crippen molar-refractivity contribution in [1.82, 2.24) is 0 Å². The summed E-state index contributed by atoms with van der Waals surface area (Å²) < 4.78 is 6.39. The molecule has 1 heterocycles. The molecule has 1 unspecified atom stereocenters. The minimum atomic E-state index is -0.0566. The van der Waals surface area contributed by atoms with Crippen molar-refractivity contribution in [2.75, 3.05) is 13.7 Å². The van der Waals surface area contributed by atoms with E-state index in [2.05, 4.69) is 54.6 Å². The Morgan fingerprint density at radius 3 is 2.57 bits per heavy atom. The van der Waals surface area contributed by atoms with Crippen LogP contribution in [0, 0.1) is 0 Å². The topological polar surface area (TPSA) is 35.2 Å². The molecule has 21 heavy (non-hydrogen) atoms. The highest BCUT2D eigenvalue weighted by Gasteiger charge is 2.12. The summed E-state index contributed by atoms with van der Waals surface area (Å²) in [6.45, 7) is 0.752. The van der Waals surface area contributed by atoms with E-state index in [1.54, 1.807) is 18.4 Å². The van der Waals surface area contributed by atoms with Crippen LogP contribution < -0.4 is 5.73 Å². The second kappa shape index (κ2) is 6.39. The summed E-state index contributed by atoms with van der Waals surface area (Å²) >= 11 is 1.77. The Balaban J connectivity index is 1.82. The zero-order valence-electron chi connectivity index (χ0n) is 12.1. The SMILES string of the molecule is COCCc1ccc(C(N)c2cc3ccccc3s2)cc1. The standard InChI is InChI=1S/C18H19NOS/c1-20-11-10-13-6-8-14(9-7-13)18(19)17-12-15-4-2-3-5-16(15)21-17/h2-9,12,18H,10-11,19H2,1H3. The molecule has 3 rings (SSSR count). The lowest BCUT2D eigenvalue weighted by Crippen LogP contribution is -2.10. The Morgan fingerprint density at radius 1 is 1.10 bits per heavy atom. The summed E-state index contributed by atoms with van der Waals surface area (Å²) in [6.07, 6.45) is 0.939. The van der Waals surface area contributed by atoms with E-state index in [0.717, 1.165) is 18.6 Å². The molecule has 2 N–H and O–H groups in total. The summed E-state index contributed by atoms with van der Waals surface area (Å²) in [5.41, 5.74) is 8.85. The van der Waals surface area contributed by atoms with Gasteiger partial charge >= 0.3 is 0 Å². The average molecular weight is 297 g/mol. The van der Waals surface area contributed by atoms with Crippen molar-refractivity contribution in [2.24, 2.45) is 5.73 Å². The fourth-order valence-electron chi connectivity index (χ4n) is 2.43. The van der Waals surface area contributed by atoms with Gasteiger partial charge in [0.15, 0.2) is 0 Å². The van der Waals surface area contributed by atoms with Crippen molar-refractivity contribution in [3.8, 4) is 0 Å². The van der Waals surface area contributed by atoms with Crippen LogP contribution in [0.5, 0.6) is 0 Å². The molecule has 0 aliphatic heterocycles. The van der Waals surface area contributed by atoms with Crippen molar-refractivity contribution < 1.29 is 4.74 Å². The smallest absolute Gasteiger partial charge is 0.0646 e. The lowest BCUT2D eigenvalue weighted by atomic mass is 10.0. The molecular formula is C18H19NOS. The van der Waals surface area contributed by atoms with Gasteiger partial charge < -0.3 is 10.5 Å². The molecular weight excluding hydrogens is 278 g/mol. The van der Waals surface area contributed by atoms with Gasteiger partial charge in [0.1, 0.15) is 0 Å². The van der Waals surface area contributed by atoms with Crippen molar-refractivity contribution in [3.63, 3.8) is 0 Å². The van der Waals surface area contributed by atoms with Crippen LogP contribution in [0.1, 0.15) is 22.0 Å². The van der Waals surface area contributed by atoms with E-state index in [0.29, 0.717) is 0 Å². The molecule has 0 bridgehead atoms. The quantitative estimate of drug-likeness (QED) is 0.768. The molecule has 0 amide bonds. The van der Waals surface area contributed by atoms with Gasteiger partial charge in [0.25, 0.3) is 0 Å². The summed E-state index contributed by atoms with van der Waals surface area (Å²) in [5.74, 6) is 0. The fraction of sp³-hybridized carbons (Fsp3) is 0.222. The first-order valence-electron chi connectivity index (χ1n) is 7.10. The van der Waals surface area contributed by atoms with E-state index >= 15 is 0 Å². The van der Waals surface area contributed by atoms with Crippen molar-refractivity contribution >= 4 is 21.4 Å². The van der Waals surface area contributed by atoms with E-state index in [4.69, 9.17) is 10.5 Å². The summed E-state index contributed by atoms with van der Waals surface area (Å²) in [5, 5.41) is 1.27. The molecule has 0 spiro atoms. The van der Waals surface area contributed by atoms with Crippen molar-refractivity contribution in [1.29, 1.82) is 0 Å². The molecule has 1 atom stereocenters. The lowest BCUT2D eigenvalue weighted by Gasteiger charge is -2.10.